The minimum Gasteiger partial charge on any atom is -0.366 e. The first-order valence-corrected chi connectivity index (χ1v) is 7.80. The largest absolute Gasteiger partial charge is 0.366 e. The third-order valence-electron chi connectivity index (χ3n) is 3.21. The number of primary amides is 1. The fraction of sp³-hybridized carbons (Fsp3) is 0.429. The lowest BCUT2D eigenvalue weighted by Gasteiger charge is -2.25. The maximum absolute atomic E-state index is 11.8. The number of nitrogens with two attached hydrogens (primary N) is 1. The Bertz CT molecular complexity index is 470. The lowest BCUT2D eigenvalue weighted by molar-refractivity contribution is -0.116. The van der Waals surface area contributed by atoms with E-state index >= 15 is 0 Å². The molecule has 1 aromatic carbocycles. The number of benzene rings is 1. The number of hydrogen-bond acceptors (Lipinski definition) is 4. The Hall–Kier alpha value is -1.53. The molecule has 1 saturated heterocycles. The number of thioether (sulfide) groups is 1. The summed E-state index contributed by atoms with van der Waals surface area (Å²) < 4.78 is 0. The van der Waals surface area contributed by atoms with Gasteiger partial charge in [-0.2, -0.15) is 11.8 Å². The molecule has 0 atom stereocenters. The minimum atomic E-state index is -0.467. The number of hydrogen-bond donors (Lipinski definition) is 2. The van der Waals surface area contributed by atoms with Gasteiger partial charge in [-0.05, 0) is 24.3 Å². The van der Waals surface area contributed by atoms with Crippen LogP contribution in [0.2, 0.25) is 0 Å². The first-order valence-electron chi connectivity index (χ1n) is 6.65. The summed E-state index contributed by atoms with van der Waals surface area (Å²) in [6.45, 7) is 2.92. The summed E-state index contributed by atoms with van der Waals surface area (Å²) in [5, 5.41) is 2.82. The van der Waals surface area contributed by atoms with Crippen molar-refractivity contribution < 1.29 is 9.59 Å². The van der Waals surface area contributed by atoms with Gasteiger partial charge in [-0.3, -0.25) is 9.59 Å². The van der Waals surface area contributed by atoms with Gasteiger partial charge < -0.3 is 16.0 Å². The molecule has 108 valence electrons. The highest BCUT2D eigenvalue weighted by molar-refractivity contribution is 7.99. The molecule has 0 bridgehead atoms. The van der Waals surface area contributed by atoms with Crippen LogP contribution < -0.4 is 11.1 Å². The van der Waals surface area contributed by atoms with Crippen LogP contribution in [-0.4, -0.2) is 47.9 Å². The molecule has 3 N–H and O–H groups in total. The van der Waals surface area contributed by atoms with Crippen LogP contribution in [0.15, 0.2) is 24.3 Å². The van der Waals surface area contributed by atoms with Gasteiger partial charge in [-0.15, -0.1) is 0 Å². The Morgan fingerprint density at radius 1 is 1.20 bits per heavy atom. The molecule has 2 rings (SSSR count). The topological polar surface area (TPSA) is 75.4 Å². The van der Waals surface area contributed by atoms with Crippen LogP contribution in [0.3, 0.4) is 0 Å². The molecule has 1 heterocycles. The fourth-order valence-electron chi connectivity index (χ4n) is 2.03. The summed E-state index contributed by atoms with van der Waals surface area (Å²) in [4.78, 5) is 25.1. The first kappa shape index (κ1) is 14.9. The van der Waals surface area contributed by atoms with Crippen molar-refractivity contribution in [1.82, 2.24) is 4.90 Å². The highest BCUT2D eigenvalue weighted by Crippen LogP contribution is 2.11. The maximum Gasteiger partial charge on any atom is 0.248 e. The quantitative estimate of drug-likeness (QED) is 0.854. The van der Waals surface area contributed by atoms with E-state index in [1.54, 1.807) is 24.3 Å². The van der Waals surface area contributed by atoms with E-state index in [1.165, 1.54) is 0 Å². The zero-order chi connectivity index (χ0) is 14.4. The Kier molecular flexibility index (Phi) is 5.43. The number of carbonyl (C=O) groups excluding carboxylic acids is 2. The number of nitrogens with zero attached hydrogens (tertiary/aromatic N) is 1. The van der Waals surface area contributed by atoms with E-state index in [2.05, 4.69) is 10.2 Å². The van der Waals surface area contributed by atoms with Crippen LogP contribution in [0, 0.1) is 0 Å². The minimum absolute atomic E-state index is 0.00458. The summed E-state index contributed by atoms with van der Waals surface area (Å²) in [7, 11) is 0. The van der Waals surface area contributed by atoms with Gasteiger partial charge >= 0.3 is 0 Å². The van der Waals surface area contributed by atoms with Gasteiger partial charge in [0.05, 0.1) is 0 Å². The summed E-state index contributed by atoms with van der Waals surface area (Å²) in [6.07, 6.45) is 0.488. The lowest BCUT2D eigenvalue weighted by atomic mass is 10.2. The van der Waals surface area contributed by atoms with Crippen LogP contribution >= 0.6 is 11.8 Å². The SMILES string of the molecule is NC(=O)c1ccc(NC(=O)CCN2CCSCC2)cc1. The molecule has 0 aliphatic carbocycles. The van der Waals surface area contributed by atoms with E-state index < -0.39 is 5.91 Å². The molecule has 0 saturated carbocycles. The van der Waals surface area contributed by atoms with Crippen molar-refractivity contribution in [2.24, 2.45) is 5.73 Å². The van der Waals surface area contributed by atoms with Crippen LogP contribution in [0.4, 0.5) is 5.69 Å². The molecule has 1 aliphatic rings. The molecule has 20 heavy (non-hydrogen) atoms. The van der Waals surface area contributed by atoms with Crippen LogP contribution in [0.5, 0.6) is 0 Å². The Labute approximate surface area is 122 Å². The smallest absolute Gasteiger partial charge is 0.248 e. The normalized spacial score (nSPS) is 15.8. The lowest BCUT2D eigenvalue weighted by Crippen LogP contribution is -2.34. The Balaban J connectivity index is 1.77. The predicted octanol–water partition coefficient (Wildman–Crippen LogP) is 1.16. The molecular formula is C14H19N3O2S. The third-order valence-corrected chi connectivity index (χ3v) is 4.15. The second-order valence-electron chi connectivity index (χ2n) is 4.69. The predicted molar refractivity (Wildman–Crippen MR) is 82.0 cm³/mol. The van der Waals surface area contributed by atoms with E-state index in [1.807, 2.05) is 11.8 Å². The van der Waals surface area contributed by atoms with Crippen molar-refractivity contribution in [3.8, 4) is 0 Å². The summed E-state index contributed by atoms with van der Waals surface area (Å²) in [5.74, 6) is 1.83. The maximum atomic E-state index is 11.8. The molecular weight excluding hydrogens is 274 g/mol. The van der Waals surface area contributed by atoms with Gasteiger partial charge in [-0.25, -0.2) is 0 Å². The molecule has 0 spiro atoms. The number of carbonyl (C=O) groups is 2. The summed E-state index contributed by atoms with van der Waals surface area (Å²) in [6, 6.07) is 6.60. The molecule has 0 aromatic heterocycles. The molecule has 5 nitrogen and oxygen atoms in total. The molecule has 1 fully saturated rings. The summed E-state index contributed by atoms with van der Waals surface area (Å²) in [5.41, 5.74) is 6.29. The standard InChI is InChI=1S/C14H19N3O2S/c15-14(19)11-1-3-12(4-2-11)16-13(18)5-6-17-7-9-20-10-8-17/h1-4H,5-10H2,(H2,15,19)(H,16,18). The number of anilines is 1. The van der Waals surface area contributed by atoms with Crippen LogP contribution in [0.1, 0.15) is 16.8 Å². The van der Waals surface area contributed by atoms with E-state index in [0.717, 1.165) is 31.1 Å². The van der Waals surface area contributed by atoms with Gasteiger partial charge in [0.25, 0.3) is 0 Å². The van der Waals surface area contributed by atoms with Crippen LogP contribution in [0.25, 0.3) is 0 Å². The zero-order valence-electron chi connectivity index (χ0n) is 11.3. The van der Waals surface area contributed by atoms with Crippen molar-refractivity contribution in [3.63, 3.8) is 0 Å². The Morgan fingerprint density at radius 2 is 1.85 bits per heavy atom. The monoisotopic (exact) mass is 293 g/mol. The molecule has 1 aliphatic heterocycles. The van der Waals surface area contributed by atoms with Crippen molar-refractivity contribution in [1.29, 1.82) is 0 Å². The average molecular weight is 293 g/mol. The number of nitrogens with one attached hydrogen (secondary N) is 1. The van der Waals surface area contributed by atoms with Crippen molar-refractivity contribution in [2.75, 3.05) is 36.5 Å². The molecule has 0 unspecified atom stereocenters. The second kappa shape index (κ2) is 7.31. The summed E-state index contributed by atoms with van der Waals surface area (Å²) >= 11 is 1.96. The second-order valence-corrected chi connectivity index (χ2v) is 5.92. The van der Waals surface area contributed by atoms with Gasteiger partial charge in [0.2, 0.25) is 11.8 Å². The fourth-order valence-corrected chi connectivity index (χ4v) is 3.00. The van der Waals surface area contributed by atoms with Crippen molar-refractivity contribution >= 4 is 29.3 Å². The van der Waals surface area contributed by atoms with E-state index in [9.17, 15) is 9.59 Å². The zero-order valence-corrected chi connectivity index (χ0v) is 12.1. The molecule has 1 aromatic rings. The first-order chi connectivity index (χ1) is 9.65. The average Bonchev–Trinajstić information content (AvgIpc) is 2.47. The van der Waals surface area contributed by atoms with Crippen molar-refractivity contribution in [2.45, 2.75) is 6.42 Å². The number of rotatable bonds is 5. The Morgan fingerprint density at radius 3 is 2.45 bits per heavy atom. The van der Waals surface area contributed by atoms with Crippen molar-refractivity contribution in [3.05, 3.63) is 29.8 Å². The van der Waals surface area contributed by atoms with E-state index in [-0.39, 0.29) is 5.91 Å². The molecule has 2 amide bonds. The van der Waals surface area contributed by atoms with Gasteiger partial charge in [-0.1, -0.05) is 0 Å². The van der Waals surface area contributed by atoms with E-state index in [4.69, 9.17) is 5.73 Å². The van der Waals surface area contributed by atoms with Crippen LogP contribution in [-0.2, 0) is 4.79 Å². The molecule has 0 radical (unpaired) electrons. The number of amides is 2. The van der Waals surface area contributed by atoms with Gasteiger partial charge in [0, 0.05) is 48.8 Å². The highest BCUT2D eigenvalue weighted by Gasteiger charge is 2.12. The highest BCUT2D eigenvalue weighted by atomic mass is 32.2. The third kappa shape index (κ3) is 4.54. The molecule has 6 heteroatoms. The van der Waals surface area contributed by atoms with E-state index in [0.29, 0.717) is 17.7 Å². The van der Waals surface area contributed by atoms with Gasteiger partial charge in [0.1, 0.15) is 0 Å². The van der Waals surface area contributed by atoms with Gasteiger partial charge in [0.15, 0.2) is 0 Å².